The molecule has 0 N–H and O–H groups in total. The Hall–Kier alpha value is -1.90. The van der Waals surface area contributed by atoms with Gasteiger partial charge in [-0.25, -0.2) is 0 Å². The van der Waals surface area contributed by atoms with Crippen LogP contribution >= 0.6 is 0 Å². The van der Waals surface area contributed by atoms with Gasteiger partial charge < -0.3 is 18.9 Å². The molecule has 2 saturated heterocycles. The van der Waals surface area contributed by atoms with Crippen molar-refractivity contribution in [3.8, 4) is 0 Å². The average Bonchev–Trinajstić information content (AvgIpc) is 3.30. The van der Waals surface area contributed by atoms with E-state index in [9.17, 15) is 16.8 Å². The lowest BCUT2D eigenvalue weighted by atomic mass is 9.97. The number of rotatable bonds is 11. The Labute approximate surface area is 218 Å². The van der Waals surface area contributed by atoms with E-state index in [1.54, 1.807) is 13.8 Å². The Bertz CT molecular complexity index is 1250. The van der Waals surface area contributed by atoms with Gasteiger partial charge in [-0.2, -0.15) is 16.8 Å². The van der Waals surface area contributed by atoms with Crippen molar-refractivity contribution in [3.05, 3.63) is 71.8 Å². The molecule has 0 aromatic heterocycles. The second-order valence-electron chi connectivity index (χ2n) is 9.59. The van der Waals surface area contributed by atoms with Crippen LogP contribution in [0.15, 0.2) is 60.7 Å². The Morgan fingerprint density at radius 1 is 0.838 bits per heavy atom. The fraction of sp³-hybridized carbons (Fsp3) is 0.520. The van der Waals surface area contributed by atoms with Gasteiger partial charge in [0.1, 0.15) is 36.6 Å². The van der Waals surface area contributed by atoms with Crippen molar-refractivity contribution in [2.24, 2.45) is 0 Å². The lowest BCUT2D eigenvalue weighted by molar-refractivity contribution is -0.212. The van der Waals surface area contributed by atoms with Crippen LogP contribution in [0.4, 0.5) is 0 Å². The number of fused-ring (bicyclic) bond motifs is 1. The van der Waals surface area contributed by atoms with Crippen molar-refractivity contribution in [1.29, 1.82) is 0 Å². The third-order valence-corrected chi connectivity index (χ3v) is 7.10. The first-order valence-corrected chi connectivity index (χ1v) is 15.4. The minimum atomic E-state index is -4.00. The van der Waals surface area contributed by atoms with E-state index < -0.39 is 69.3 Å². The van der Waals surface area contributed by atoms with E-state index in [-0.39, 0.29) is 6.61 Å². The summed E-state index contributed by atoms with van der Waals surface area (Å²) in [5.41, 5.74) is 1.78. The predicted molar refractivity (Wildman–Crippen MR) is 133 cm³/mol. The molecule has 0 spiro atoms. The number of benzene rings is 2. The highest BCUT2D eigenvalue weighted by molar-refractivity contribution is 7.86. The van der Waals surface area contributed by atoms with Crippen molar-refractivity contribution in [2.45, 2.75) is 62.9 Å². The molecule has 0 radical (unpaired) electrons. The first kappa shape index (κ1) is 28.1. The summed E-state index contributed by atoms with van der Waals surface area (Å²) in [6, 6.07) is 19.1. The minimum Gasteiger partial charge on any atom is -0.366 e. The molecule has 2 aliphatic heterocycles. The van der Waals surface area contributed by atoms with Gasteiger partial charge in [0, 0.05) is 0 Å². The zero-order valence-electron chi connectivity index (χ0n) is 21.1. The summed E-state index contributed by atoms with van der Waals surface area (Å²) in [5.74, 6) is -1.01. The third kappa shape index (κ3) is 7.58. The maximum Gasteiger partial charge on any atom is 0.264 e. The van der Waals surface area contributed by atoms with Crippen LogP contribution in [0.3, 0.4) is 0 Å². The van der Waals surface area contributed by atoms with E-state index in [2.05, 4.69) is 0 Å². The second kappa shape index (κ2) is 11.1. The van der Waals surface area contributed by atoms with E-state index in [0.29, 0.717) is 0 Å². The highest BCUT2D eigenvalue weighted by atomic mass is 32.2. The lowest BCUT2D eigenvalue weighted by Crippen LogP contribution is -2.44. The van der Waals surface area contributed by atoms with Crippen LogP contribution in [0.5, 0.6) is 0 Å². The van der Waals surface area contributed by atoms with E-state index in [4.69, 9.17) is 27.3 Å². The van der Waals surface area contributed by atoms with E-state index in [1.807, 2.05) is 60.7 Å². The molecule has 10 nitrogen and oxygen atoms in total. The molecule has 0 aliphatic carbocycles. The standard InChI is InChI=1S/C25H32O10S2/c1-25(2)33-23-21(19(35-37(4,28)29)16-31-36(3,26)27)32-22(24(23)34-25)20(18-13-9-6-10-14-18)30-15-17-11-7-5-8-12-17/h5-14,19-24H,15-16H2,1-4H3/t19-,20-,21-,22-,23+,24-/m1/s1. The normalized spacial score (nSPS) is 27.0. The summed E-state index contributed by atoms with van der Waals surface area (Å²) in [6.45, 7) is 3.17. The zero-order valence-corrected chi connectivity index (χ0v) is 22.7. The topological polar surface area (TPSA) is 124 Å². The summed E-state index contributed by atoms with van der Waals surface area (Å²) in [7, 11) is -7.89. The molecule has 2 aliphatic rings. The van der Waals surface area contributed by atoms with Crippen LogP contribution < -0.4 is 0 Å². The highest BCUT2D eigenvalue weighted by Crippen LogP contribution is 2.45. The molecule has 0 bridgehead atoms. The van der Waals surface area contributed by atoms with E-state index in [0.717, 1.165) is 23.6 Å². The van der Waals surface area contributed by atoms with E-state index in [1.165, 1.54) is 0 Å². The fourth-order valence-electron chi connectivity index (χ4n) is 4.58. The summed E-state index contributed by atoms with van der Waals surface area (Å²) >= 11 is 0. The fourth-order valence-corrected chi connectivity index (χ4v) is 5.58. The quantitative estimate of drug-likeness (QED) is 0.382. The summed E-state index contributed by atoms with van der Waals surface area (Å²) in [6.07, 6.45) is -3.39. The third-order valence-electron chi connectivity index (χ3n) is 5.94. The number of ether oxygens (including phenoxy) is 4. The van der Waals surface area contributed by atoms with Crippen molar-refractivity contribution in [3.63, 3.8) is 0 Å². The predicted octanol–water partition coefficient (Wildman–Crippen LogP) is 2.55. The van der Waals surface area contributed by atoms with Gasteiger partial charge in [0.15, 0.2) is 5.79 Å². The molecular formula is C25H32O10S2. The Kier molecular flexibility index (Phi) is 8.41. The molecule has 2 aromatic rings. The largest absolute Gasteiger partial charge is 0.366 e. The molecule has 12 heteroatoms. The summed E-state index contributed by atoms with van der Waals surface area (Å²) < 4.78 is 82.7. The molecule has 0 saturated carbocycles. The van der Waals surface area contributed by atoms with E-state index >= 15 is 0 Å². The smallest absolute Gasteiger partial charge is 0.264 e. The monoisotopic (exact) mass is 556 g/mol. The van der Waals surface area contributed by atoms with Gasteiger partial charge in [0.25, 0.3) is 20.2 Å². The van der Waals surface area contributed by atoms with Crippen molar-refractivity contribution >= 4 is 20.2 Å². The molecule has 6 atom stereocenters. The molecule has 0 amide bonds. The van der Waals surface area contributed by atoms with Crippen molar-refractivity contribution < 1.29 is 44.1 Å². The molecular weight excluding hydrogens is 524 g/mol. The first-order chi connectivity index (χ1) is 17.3. The lowest BCUT2D eigenvalue weighted by Gasteiger charge is -2.31. The van der Waals surface area contributed by atoms with Crippen LogP contribution in [0.2, 0.25) is 0 Å². The highest BCUT2D eigenvalue weighted by Gasteiger charge is 2.60. The molecule has 37 heavy (non-hydrogen) atoms. The van der Waals surface area contributed by atoms with Gasteiger partial charge >= 0.3 is 0 Å². The van der Waals surface area contributed by atoms with Crippen LogP contribution in [0.1, 0.15) is 31.1 Å². The molecule has 4 rings (SSSR count). The van der Waals surface area contributed by atoms with Crippen LogP contribution in [0, 0.1) is 0 Å². The summed E-state index contributed by atoms with van der Waals surface area (Å²) in [5, 5.41) is 0. The SMILES string of the molecule is CC1(C)O[C@@H]2[C@H](O1)[C@@H]([C@H](OCc1ccccc1)c1ccccc1)O[C@@H]2[C@@H](COS(C)(=O)=O)OS(C)(=O)=O. The van der Waals surface area contributed by atoms with Gasteiger partial charge in [-0.3, -0.25) is 8.37 Å². The molecule has 2 aromatic carbocycles. The maximum absolute atomic E-state index is 12.1. The molecule has 0 unspecified atom stereocenters. The van der Waals surface area contributed by atoms with Crippen LogP contribution in [-0.2, 0) is 54.2 Å². The Morgan fingerprint density at radius 3 is 1.97 bits per heavy atom. The summed E-state index contributed by atoms with van der Waals surface area (Å²) in [4.78, 5) is 0. The van der Waals surface area contributed by atoms with Crippen molar-refractivity contribution in [2.75, 3.05) is 19.1 Å². The Morgan fingerprint density at radius 2 is 1.41 bits per heavy atom. The van der Waals surface area contributed by atoms with Crippen LogP contribution in [0.25, 0.3) is 0 Å². The van der Waals surface area contributed by atoms with Gasteiger partial charge in [-0.1, -0.05) is 60.7 Å². The van der Waals surface area contributed by atoms with Crippen LogP contribution in [-0.4, -0.2) is 72.3 Å². The van der Waals surface area contributed by atoms with Gasteiger partial charge in [-0.15, -0.1) is 0 Å². The van der Waals surface area contributed by atoms with Gasteiger partial charge in [-0.05, 0) is 25.0 Å². The first-order valence-electron chi connectivity index (χ1n) is 11.8. The molecule has 2 fully saturated rings. The van der Waals surface area contributed by atoms with Crippen molar-refractivity contribution in [1.82, 2.24) is 0 Å². The average molecular weight is 557 g/mol. The molecule has 204 valence electrons. The number of hydrogen-bond donors (Lipinski definition) is 0. The molecule has 2 heterocycles. The van der Waals surface area contributed by atoms with Gasteiger partial charge in [0.2, 0.25) is 0 Å². The van der Waals surface area contributed by atoms with Gasteiger partial charge in [0.05, 0.1) is 25.7 Å². The minimum absolute atomic E-state index is 0.285. The zero-order chi connectivity index (χ0) is 26.8. The number of hydrogen-bond acceptors (Lipinski definition) is 10. The Balaban J connectivity index is 1.67. The second-order valence-corrected chi connectivity index (χ2v) is 12.8. The maximum atomic E-state index is 12.1.